The minimum Gasteiger partial charge on any atom is -0.508 e. The summed E-state index contributed by atoms with van der Waals surface area (Å²) in [6.07, 6.45) is 4.53. The van der Waals surface area contributed by atoms with Crippen LogP contribution in [-0.4, -0.2) is 14.7 Å². The van der Waals surface area contributed by atoms with E-state index in [1.54, 1.807) is 35.0 Å². The van der Waals surface area contributed by atoms with Crippen molar-refractivity contribution in [2.75, 3.05) is 0 Å². The Kier molecular flexibility index (Phi) is 3.92. The van der Waals surface area contributed by atoms with Crippen LogP contribution >= 0.6 is 0 Å². The van der Waals surface area contributed by atoms with Gasteiger partial charge in [-0.1, -0.05) is 13.3 Å². The summed E-state index contributed by atoms with van der Waals surface area (Å²) in [7, 11) is 0. The Bertz CT molecular complexity index is 868. The summed E-state index contributed by atoms with van der Waals surface area (Å²) in [4.78, 5) is 16.6. The topological polar surface area (TPSA) is 55.1 Å². The summed E-state index contributed by atoms with van der Waals surface area (Å²) >= 11 is 0. The number of phenols is 1. The van der Waals surface area contributed by atoms with Gasteiger partial charge in [-0.3, -0.25) is 9.36 Å². The van der Waals surface area contributed by atoms with E-state index in [0.29, 0.717) is 5.65 Å². The van der Waals surface area contributed by atoms with Gasteiger partial charge >= 0.3 is 0 Å². The second-order valence-electron chi connectivity index (χ2n) is 5.34. The average molecular weight is 294 g/mol. The highest BCUT2D eigenvalue weighted by Gasteiger charge is 2.09. The molecule has 0 fully saturated rings. The molecule has 0 saturated heterocycles. The van der Waals surface area contributed by atoms with E-state index in [4.69, 9.17) is 0 Å². The van der Waals surface area contributed by atoms with Crippen molar-refractivity contribution in [3.05, 3.63) is 64.6 Å². The number of aryl methyl sites for hydroxylation is 1. The van der Waals surface area contributed by atoms with E-state index < -0.39 is 0 Å². The number of pyridine rings is 2. The zero-order valence-electron chi connectivity index (χ0n) is 12.5. The minimum absolute atomic E-state index is 0.127. The van der Waals surface area contributed by atoms with Crippen molar-refractivity contribution in [1.29, 1.82) is 0 Å². The summed E-state index contributed by atoms with van der Waals surface area (Å²) in [5.41, 5.74) is 2.10. The van der Waals surface area contributed by atoms with Crippen molar-refractivity contribution in [3.8, 4) is 11.4 Å². The van der Waals surface area contributed by atoms with Crippen LogP contribution in [0, 0.1) is 0 Å². The van der Waals surface area contributed by atoms with Gasteiger partial charge in [-0.25, -0.2) is 4.98 Å². The van der Waals surface area contributed by atoms with Crippen molar-refractivity contribution in [3.63, 3.8) is 0 Å². The Morgan fingerprint density at radius 2 is 2.05 bits per heavy atom. The van der Waals surface area contributed by atoms with E-state index in [0.717, 1.165) is 35.9 Å². The van der Waals surface area contributed by atoms with Crippen LogP contribution in [0.1, 0.15) is 25.3 Å². The van der Waals surface area contributed by atoms with E-state index in [-0.39, 0.29) is 11.3 Å². The van der Waals surface area contributed by atoms with Gasteiger partial charge in [0.05, 0.1) is 5.69 Å². The molecule has 4 nitrogen and oxygen atoms in total. The van der Waals surface area contributed by atoms with Crippen LogP contribution in [-0.2, 0) is 6.42 Å². The van der Waals surface area contributed by atoms with Gasteiger partial charge in [0.1, 0.15) is 11.4 Å². The number of hydrogen-bond donors (Lipinski definition) is 1. The summed E-state index contributed by atoms with van der Waals surface area (Å²) in [5.74, 6) is 0.276. The Labute approximate surface area is 128 Å². The molecule has 3 aromatic rings. The van der Waals surface area contributed by atoms with Crippen molar-refractivity contribution >= 4 is 11.0 Å². The van der Waals surface area contributed by atoms with Crippen molar-refractivity contribution in [1.82, 2.24) is 9.55 Å². The van der Waals surface area contributed by atoms with Gasteiger partial charge in [0.15, 0.2) is 0 Å². The third-order valence-corrected chi connectivity index (χ3v) is 3.78. The highest BCUT2D eigenvalue weighted by molar-refractivity contribution is 5.76. The van der Waals surface area contributed by atoms with Gasteiger partial charge in [0.2, 0.25) is 0 Å². The highest BCUT2D eigenvalue weighted by Crippen LogP contribution is 2.23. The molecule has 0 atom stereocenters. The molecular weight excluding hydrogens is 276 g/mol. The van der Waals surface area contributed by atoms with Gasteiger partial charge < -0.3 is 5.11 Å². The molecule has 1 aromatic carbocycles. The molecule has 112 valence electrons. The Balaban J connectivity index is 2.19. The molecule has 3 rings (SSSR count). The number of fused-ring (bicyclic) bond motifs is 1. The molecule has 0 amide bonds. The second-order valence-corrected chi connectivity index (χ2v) is 5.34. The lowest BCUT2D eigenvalue weighted by molar-refractivity contribution is 0.467. The van der Waals surface area contributed by atoms with Gasteiger partial charge in [-0.2, -0.15) is 0 Å². The predicted octanol–water partition coefficient (Wildman–Crippen LogP) is 3.43. The highest BCUT2D eigenvalue weighted by atomic mass is 16.3. The molecule has 0 radical (unpaired) electrons. The smallest absolute Gasteiger partial charge is 0.256 e. The zero-order chi connectivity index (χ0) is 15.5. The van der Waals surface area contributed by atoms with E-state index in [2.05, 4.69) is 11.9 Å². The van der Waals surface area contributed by atoms with Crippen molar-refractivity contribution in [2.45, 2.75) is 26.2 Å². The Morgan fingerprint density at radius 1 is 1.18 bits per heavy atom. The minimum atomic E-state index is -0.127. The fourth-order valence-electron chi connectivity index (χ4n) is 2.59. The maximum absolute atomic E-state index is 12.3. The standard InChI is InChI=1S/C18H18N2O2/c1-2-3-5-14-12-15(8-9-16(14)21)20-17(22)10-7-13-6-4-11-19-18(13)20/h4,6-12,21H,2-3,5H2,1H3. The summed E-state index contributed by atoms with van der Waals surface area (Å²) < 4.78 is 1.59. The molecule has 0 unspecified atom stereocenters. The van der Waals surface area contributed by atoms with Gasteiger partial charge in [-0.15, -0.1) is 0 Å². The summed E-state index contributed by atoms with van der Waals surface area (Å²) in [6.45, 7) is 2.11. The number of phenolic OH excluding ortho intramolecular Hbond substituents is 1. The molecule has 0 aliphatic heterocycles. The van der Waals surface area contributed by atoms with Crippen LogP contribution in [0.25, 0.3) is 16.7 Å². The Hall–Kier alpha value is -2.62. The van der Waals surface area contributed by atoms with Gasteiger partial charge in [-0.05, 0) is 54.8 Å². The first kappa shape index (κ1) is 14.3. The van der Waals surface area contributed by atoms with Crippen LogP contribution in [0.4, 0.5) is 0 Å². The monoisotopic (exact) mass is 294 g/mol. The lowest BCUT2D eigenvalue weighted by Gasteiger charge is -2.11. The van der Waals surface area contributed by atoms with Crippen LogP contribution in [0.2, 0.25) is 0 Å². The molecular formula is C18H18N2O2. The molecule has 0 aliphatic rings. The van der Waals surface area contributed by atoms with E-state index >= 15 is 0 Å². The molecule has 0 saturated carbocycles. The number of unbranched alkanes of at least 4 members (excludes halogenated alkanes) is 1. The van der Waals surface area contributed by atoms with Crippen molar-refractivity contribution in [2.24, 2.45) is 0 Å². The quantitative estimate of drug-likeness (QED) is 0.802. The molecule has 1 N–H and O–H groups in total. The molecule has 2 aromatic heterocycles. The van der Waals surface area contributed by atoms with Crippen LogP contribution in [0.15, 0.2) is 53.5 Å². The SMILES string of the molecule is CCCCc1cc(-n2c(=O)ccc3cccnc32)ccc1O. The third-order valence-electron chi connectivity index (χ3n) is 3.78. The van der Waals surface area contributed by atoms with Crippen molar-refractivity contribution < 1.29 is 5.11 Å². The first-order valence-electron chi connectivity index (χ1n) is 7.50. The maximum atomic E-state index is 12.3. The first-order chi connectivity index (χ1) is 10.7. The van der Waals surface area contributed by atoms with Gasteiger partial charge in [0.25, 0.3) is 5.56 Å². The second kappa shape index (κ2) is 6.02. The molecule has 4 heteroatoms. The van der Waals surface area contributed by atoms with Crippen LogP contribution in [0.5, 0.6) is 5.75 Å². The molecule has 0 spiro atoms. The zero-order valence-corrected chi connectivity index (χ0v) is 12.5. The van der Waals surface area contributed by atoms with E-state index in [1.807, 2.05) is 18.2 Å². The average Bonchev–Trinajstić information content (AvgIpc) is 2.54. The predicted molar refractivity (Wildman–Crippen MR) is 87.6 cm³/mol. The van der Waals surface area contributed by atoms with E-state index in [1.165, 1.54) is 0 Å². The normalized spacial score (nSPS) is 11.0. The molecule has 2 heterocycles. The number of aromatic hydroxyl groups is 1. The van der Waals surface area contributed by atoms with Crippen LogP contribution < -0.4 is 5.56 Å². The lowest BCUT2D eigenvalue weighted by Crippen LogP contribution is -2.18. The summed E-state index contributed by atoms with van der Waals surface area (Å²) in [6, 6.07) is 12.4. The number of hydrogen-bond acceptors (Lipinski definition) is 3. The maximum Gasteiger partial charge on any atom is 0.256 e. The lowest BCUT2D eigenvalue weighted by atomic mass is 10.1. The number of rotatable bonds is 4. The number of benzene rings is 1. The first-order valence-corrected chi connectivity index (χ1v) is 7.50. The molecule has 22 heavy (non-hydrogen) atoms. The number of aromatic nitrogens is 2. The fraction of sp³-hybridized carbons (Fsp3) is 0.222. The van der Waals surface area contributed by atoms with Crippen LogP contribution in [0.3, 0.4) is 0 Å². The fourth-order valence-corrected chi connectivity index (χ4v) is 2.59. The Morgan fingerprint density at radius 3 is 2.86 bits per heavy atom. The van der Waals surface area contributed by atoms with E-state index in [9.17, 15) is 9.90 Å². The molecule has 0 aliphatic carbocycles. The third kappa shape index (κ3) is 2.60. The number of nitrogens with zero attached hydrogens (tertiary/aromatic N) is 2. The van der Waals surface area contributed by atoms with Gasteiger partial charge in [0, 0.05) is 17.6 Å². The molecule has 0 bridgehead atoms. The summed E-state index contributed by atoms with van der Waals surface area (Å²) in [5, 5.41) is 10.9. The largest absolute Gasteiger partial charge is 0.508 e.